The van der Waals surface area contributed by atoms with Crippen LogP contribution in [0.1, 0.15) is 43.7 Å². The number of rotatable bonds is 9. The first-order valence-electron chi connectivity index (χ1n) is 12.0. The van der Waals surface area contributed by atoms with Crippen molar-refractivity contribution in [3.05, 3.63) is 95.1 Å². The van der Waals surface area contributed by atoms with Crippen LogP contribution in [-0.4, -0.2) is 18.7 Å². The van der Waals surface area contributed by atoms with Crippen LogP contribution >= 0.6 is 0 Å². The second kappa shape index (κ2) is 11.5. The molecule has 4 rings (SSSR count). The van der Waals surface area contributed by atoms with Crippen molar-refractivity contribution in [3.8, 4) is 29.1 Å². The highest BCUT2D eigenvalue weighted by molar-refractivity contribution is 5.77. The molecule has 7 nitrogen and oxygen atoms in total. The van der Waals surface area contributed by atoms with Crippen molar-refractivity contribution >= 4 is 5.97 Å². The number of fused-ring (bicyclic) bond motifs is 1. The van der Waals surface area contributed by atoms with E-state index in [4.69, 9.17) is 24.7 Å². The number of carbonyl (C=O) groups excluding carboxylic acids is 1. The number of nitrogens with zero attached hydrogens (tertiary/aromatic N) is 1. The summed E-state index contributed by atoms with van der Waals surface area (Å²) < 4.78 is 36.5. The number of para-hydroxylation sites is 2. The van der Waals surface area contributed by atoms with Crippen LogP contribution in [0.2, 0.25) is 0 Å². The van der Waals surface area contributed by atoms with Crippen LogP contribution in [0.15, 0.2) is 78.2 Å². The number of halogens is 1. The predicted octanol–water partition coefficient (Wildman–Crippen LogP) is 5.60. The van der Waals surface area contributed by atoms with Crippen LogP contribution in [-0.2, 0) is 4.79 Å². The highest BCUT2D eigenvalue weighted by atomic mass is 19.1. The molecular weight excluding hydrogens is 475 g/mol. The Morgan fingerprint density at radius 2 is 1.84 bits per heavy atom. The summed E-state index contributed by atoms with van der Waals surface area (Å²) in [6.07, 6.45) is 0.823. The van der Waals surface area contributed by atoms with E-state index >= 15 is 0 Å². The molecule has 0 bridgehead atoms. The lowest BCUT2D eigenvalue weighted by Gasteiger charge is -2.28. The molecule has 3 aromatic rings. The minimum atomic E-state index is -1.07. The molecule has 0 spiro atoms. The molecule has 3 aromatic carbocycles. The van der Waals surface area contributed by atoms with Crippen molar-refractivity contribution in [2.24, 2.45) is 5.73 Å². The van der Waals surface area contributed by atoms with Gasteiger partial charge in [-0.15, -0.1) is 0 Å². The van der Waals surface area contributed by atoms with Crippen molar-refractivity contribution in [2.75, 3.05) is 6.61 Å². The first kappa shape index (κ1) is 25.6. The van der Waals surface area contributed by atoms with Gasteiger partial charge in [-0.1, -0.05) is 49.7 Å². The van der Waals surface area contributed by atoms with Crippen LogP contribution in [0.3, 0.4) is 0 Å². The summed E-state index contributed by atoms with van der Waals surface area (Å²) in [6, 6.07) is 20.3. The Kier molecular flexibility index (Phi) is 7.94. The molecule has 190 valence electrons. The van der Waals surface area contributed by atoms with E-state index in [1.807, 2.05) is 24.3 Å². The molecule has 0 aromatic heterocycles. The van der Waals surface area contributed by atoms with Crippen molar-refractivity contribution in [1.82, 2.24) is 0 Å². The summed E-state index contributed by atoms with van der Waals surface area (Å²) in [6.45, 7) is 4.10. The number of benzene rings is 3. The summed E-state index contributed by atoms with van der Waals surface area (Å²) in [5.74, 6) is -0.724. The van der Waals surface area contributed by atoms with Gasteiger partial charge < -0.3 is 24.7 Å². The third-order valence-electron chi connectivity index (χ3n) is 5.87. The molecule has 0 saturated heterocycles. The van der Waals surface area contributed by atoms with Gasteiger partial charge in [0.15, 0.2) is 17.7 Å². The van der Waals surface area contributed by atoms with Crippen molar-refractivity contribution in [1.29, 1.82) is 5.26 Å². The number of nitrogens with two attached hydrogens (primary N) is 1. The minimum absolute atomic E-state index is 0.0388. The Morgan fingerprint density at radius 3 is 2.57 bits per heavy atom. The summed E-state index contributed by atoms with van der Waals surface area (Å²) in [4.78, 5) is 12.6. The maximum Gasteiger partial charge on any atom is 0.352 e. The molecule has 37 heavy (non-hydrogen) atoms. The Hall–Kier alpha value is -4.51. The van der Waals surface area contributed by atoms with Crippen molar-refractivity contribution < 1.29 is 28.1 Å². The van der Waals surface area contributed by atoms with Crippen LogP contribution in [0.25, 0.3) is 0 Å². The topological polar surface area (TPSA) is 104 Å². The van der Waals surface area contributed by atoms with Gasteiger partial charge in [-0.3, -0.25) is 0 Å². The monoisotopic (exact) mass is 502 g/mol. The highest BCUT2D eigenvalue weighted by Crippen LogP contribution is 2.46. The summed E-state index contributed by atoms with van der Waals surface area (Å²) in [5.41, 5.74) is 7.85. The second-order valence-electron chi connectivity index (χ2n) is 8.48. The van der Waals surface area contributed by atoms with Crippen LogP contribution in [0, 0.1) is 17.1 Å². The summed E-state index contributed by atoms with van der Waals surface area (Å²) in [5, 5.41) is 9.88. The van der Waals surface area contributed by atoms with Gasteiger partial charge in [0.05, 0.1) is 12.5 Å². The third-order valence-corrected chi connectivity index (χ3v) is 5.87. The van der Waals surface area contributed by atoms with Gasteiger partial charge in [-0.2, -0.15) is 5.26 Å². The molecule has 0 saturated carbocycles. The number of hydrogen-bond donors (Lipinski definition) is 1. The number of nitriles is 1. The van der Waals surface area contributed by atoms with Gasteiger partial charge >= 0.3 is 5.97 Å². The number of allylic oxidation sites excluding steroid dienone is 1. The number of unbranched alkanes of at least 4 members (excludes halogenated alkanes) is 1. The number of esters is 1. The molecule has 0 aliphatic carbocycles. The number of carbonyl (C=O) groups is 1. The first-order chi connectivity index (χ1) is 17.9. The molecule has 2 unspecified atom stereocenters. The molecule has 0 fully saturated rings. The molecule has 2 atom stereocenters. The molecule has 1 heterocycles. The van der Waals surface area contributed by atoms with Crippen LogP contribution in [0.5, 0.6) is 23.0 Å². The zero-order chi connectivity index (χ0) is 26.4. The quantitative estimate of drug-likeness (QED) is 0.231. The Morgan fingerprint density at radius 1 is 1.11 bits per heavy atom. The lowest BCUT2D eigenvalue weighted by Crippen LogP contribution is -2.29. The summed E-state index contributed by atoms with van der Waals surface area (Å²) >= 11 is 0. The van der Waals surface area contributed by atoms with Gasteiger partial charge in [0, 0.05) is 17.2 Å². The average Bonchev–Trinajstić information content (AvgIpc) is 2.89. The maximum absolute atomic E-state index is 13.9. The van der Waals surface area contributed by atoms with Gasteiger partial charge in [0.25, 0.3) is 0 Å². The second-order valence-corrected chi connectivity index (χ2v) is 8.48. The van der Waals surface area contributed by atoms with E-state index in [1.165, 1.54) is 31.2 Å². The summed E-state index contributed by atoms with van der Waals surface area (Å²) in [7, 11) is 0. The van der Waals surface area contributed by atoms with E-state index in [2.05, 4.69) is 13.0 Å². The number of ether oxygens (including phenoxy) is 4. The van der Waals surface area contributed by atoms with Gasteiger partial charge in [-0.05, 0) is 37.6 Å². The fourth-order valence-electron chi connectivity index (χ4n) is 3.97. The fraction of sp³-hybridized carbons (Fsp3) is 0.241. The smallest absolute Gasteiger partial charge is 0.352 e. The average molecular weight is 503 g/mol. The Labute approximate surface area is 214 Å². The zero-order valence-electron chi connectivity index (χ0n) is 20.6. The van der Waals surface area contributed by atoms with E-state index in [9.17, 15) is 14.4 Å². The van der Waals surface area contributed by atoms with Crippen LogP contribution in [0.4, 0.5) is 4.39 Å². The standard InChI is InChI=1S/C29H27FN2O5/c1-3-4-15-34-24-11-7-5-9-20(24)27-21-14-13-19(16-26(21)37-28(32)22(27)17-31)36-29(33)18(2)35-25-12-8-6-10-23(25)30/h5-14,16,18,27H,3-4,15,32H2,1-2H3. The first-order valence-corrected chi connectivity index (χ1v) is 12.0. The van der Waals surface area contributed by atoms with E-state index in [0.717, 1.165) is 18.4 Å². The zero-order valence-corrected chi connectivity index (χ0v) is 20.6. The lowest BCUT2D eigenvalue weighted by molar-refractivity contribution is -0.141. The predicted molar refractivity (Wildman–Crippen MR) is 135 cm³/mol. The normalized spacial score (nSPS) is 15.1. The van der Waals surface area contributed by atoms with Crippen molar-refractivity contribution in [2.45, 2.75) is 38.7 Å². The van der Waals surface area contributed by atoms with Gasteiger partial charge in [-0.25, -0.2) is 9.18 Å². The molecule has 8 heteroatoms. The van der Waals surface area contributed by atoms with Gasteiger partial charge in [0.1, 0.15) is 28.9 Å². The van der Waals surface area contributed by atoms with Gasteiger partial charge in [0.2, 0.25) is 5.88 Å². The molecule has 2 N–H and O–H groups in total. The lowest BCUT2D eigenvalue weighted by atomic mass is 9.83. The minimum Gasteiger partial charge on any atom is -0.493 e. The molecule has 0 radical (unpaired) electrons. The maximum atomic E-state index is 13.9. The molecular formula is C29H27FN2O5. The van der Waals surface area contributed by atoms with Crippen molar-refractivity contribution in [3.63, 3.8) is 0 Å². The SMILES string of the molecule is CCCCOc1ccccc1C1C(C#N)=C(N)Oc2cc(OC(=O)C(C)Oc3ccccc3F)ccc21. The molecule has 1 aliphatic heterocycles. The Balaban J connectivity index is 1.60. The van der Waals surface area contributed by atoms with E-state index in [-0.39, 0.29) is 23.0 Å². The molecule has 0 amide bonds. The number of hydrogen-bond acceptors (Lipinski definition) is 7. The largest absolute Gasteiger partial charge is 0.493 e. The van der Waals surface area contributed by atoms with E-state index < -0.39 is 23.8 Å². The Bertz CT molecular complexity index is 1360. The third kappa shape index (κ3) is 5.67. The molecule has 1 aliphatic rings. The highest BCUT2D eigenvalue weighted by Gasteiger charge is 2.33. The van der Waals surface area contributed by atoms with E-state index in [1.54, 1.807) is 18.2 Å². The fourth-order valence-corrected chi connectivity index (χ4v) is 3.97. The van der Waals surface area contributed by atoms with E-state index in [0.29, 0.717) is 23.7 Å². The van der Waals surface area contributed by atoms with Crippen LogP contribution < -0.4 is 24.7 Å².